The highest BCUT2D eigenvalue weighted by Crippen LogP contribution is 2.31. The first-order valence-corrected chi connectivity index (χ1v) is 5.64. The van der Waals surface area contributed by atoms with Crippen LogP contribution in [-0.4, -0.2) is 10.9 Å². The van der Waals surface area contributed by atoms with E-state index in [2.05, 4.69) is 10.3 Å². The Morgan fingerprint density at radius 3 is 2.72 bits per heavy atom. The highest BCUT2D eigenvalue weighted by molar-refractivity contribution is 7.14. The summed E-state index contributed by atoms with van der Waals surface area (Å²) in [5.74, 6) is -0.163. The van der Waals surface area contributed by atoms with E-state index in [-0.39, 0.29) is 10.7 Å². The maximum absolute atomic E-state index is 12.3. The molecule has 0 saturated heterocycles. The van der Waals surface area contributed by atoms with Crippen LogP contribution in [0.3, 0.4) is 0 Å². The number of halogens is 3. The first-order chi connectivity index (χ1) is 8.38. The zero-order valence-electron chi connectivity index (χ0n) is 9.04. The molecule has 0 aromatic carbocycles. The fourth-order valence-corrected chi connectivity index (χ4v) is 1.96. The quantitative estimate of drug-likeness (QED) is 0.915. The van der Waals surface area contributed by atoms with Crippen molar-refractivity contribution in [2.45, 2.75) is 13.1 Å². The van der Waals surface area contributed by atoms with E-state index < -0.39 is 17.8 Å². The number of aryl methyl sites for hydroxylation is 1. The highest BCUT2D eigenvalue weighted by Gasteiger charge is 2.34. The molecule has 2 aromatic rings. The Kier molecular flexibility index (Phi) is 3.12. The maximum atomic E-state index is 12.3. The van der Waals surface area contributed by atoms with Gasteiger partial charge in [-0.15, -0.1) is 11.3 Å². The van der Waals surface area contributed by atoms with Crippen LogP contribution in [0, 0.1) is 6.92 Å². The van der Waals surface area contributed by atoms with E-state index in [9.17, 15) is 18.0 Å². The summed E-state index contributed by atoms with van der Waals surface area (Å²) in [6, 6.07) is 1.43. The number of furan rings is 1. The van der Waals surface area contributed by atoms with Crippen LogP contribution in [0.25, 0.3) is 0 Å². The molecule has 0 bridgehead atoms. The van der Waals surface area contributed by atoms with Crippen LogP contribution in [0.15, 0.2) is 22.1 Å². The molecule has 18 heavy (non-hydrogen) atoms. The molecule has 0 atom stereocenters. The lowest BCUT2D eigenvalue weighted by Crippen LogP contribution is -2.12. The van der Waals surface area contributed by atoms with Gasteiger partial charge in [0.05, 0.1) is 11.8 Å². The minimum Gasteiger partial charge on any atom is -0.469 e. The zero-order chi connectivity index (χ0) is 13.3. The molecule has 0 fully saturated rings. The van der Waals surface area contributed by atoms with Crippen molar-refractivity contribution >= 4 is 22.4 Å². The SMILES string of the molecule is Cc1occc1C(=O)Nc1nc(C(F)(F)F)cs1. The molecule has 0 unspecified atom stereocenters. The van der Waals surface area contributed by atoms with Crippen molar-refractivity contribution in [3.63, 3.8) is 0 Å². The van der Waals surface area contributed by atoms with Crippen molar-refractivity contribution in [3.8, 4) is 0 Å². The lowest BCUT2D eigenvalue weighted by molar-refractivity contribution is -0.140. The Labute approximate surface area is 103 Å². The van der Waals surface area contributed by atoms with Gasteiger partial charge in [-0.1, -0.05) is 0 Å². The average Bonchev–Trinajstić information content (AvgIpc) is 2.85. The van der Waals surface area contributed by atoms with Crippen LogP contribution in [0.1, 0.15) is 21.8 Å². The van der Waals surface area contributed by atoms with Gasteiger partial charge in [-0.2, -0.15) is 13.2 Å². The lowest BCUT2D eigenvalue weighted by atomic mass is 10.2. The maximum Gasteiger partial charge on any atom is 0.434 e. The Bertz CT molecular complexity index is 574. The molecule has 0 aliphatic rings. The molecule has 2 heterocycles. The molecular weight excluding hydrogens is 269 g/mol. The van der Waals surface area contributed by atoms with E-state index in [0.29, 0.717) is 17.1 Å². The van der Waals surface area contributed by atoms with E-state index in [1.807, 2.05) is 0 Å². The number of carbonyl (C=O) groups is 1. The Morgan fingerprint density at radius 1 is 1.50 bits per heavy atom. The summed E-state index contributed by atoms with van der Waals surface area (Å²) in [6.07, 6.45) is -3.18. The number of carbonyl (C=O) groups excluding carboxylic acids is 1. The Hall–Kier alpha value is -1.83. The summed E-state index contributed by atoms with van der Waals surface area (Å²) in [5, 5.41) is 3.03. The smallest absolute Gasteiger partial charge is 0.434 e. The van der Waals surface area contributed by atoms with E-state index in [4.69, 9.17) is 4.42 Å². The van der Waals surface area contributed by atoms with Gasteiger partial charge in [0.2, 0.25) is 0 Å². The standard InChI is InChI=1S/C10H7F3N2O2S/c1-5-6(2-3-17-5)8(16)15-9-14-7(4-18-9)10(11,12)13/h2-4H,1H3,(H,14,15,16). The second kappa shape index (κ2) is 4.45. The number of aromatic nitrogens is 1. The number of nitrogens with one attached hydrogen (secondary N) is 1. The summed E-state index contributed by atoms with van der Waals surface area (Å²) < 4.78 is 41.8. The monoisotopic (exact) mass is 276 g/mol. The summed E-state index contributed by atoms with van der Waals surface area (Å²) in [5.41, 5.74) is -0.759. The van der Waals surface area contributed by atoms with Gasteiger partial charge in [-0.25, -0.2) is 4.98 Å². The van der Waals surface area contributed by atoms with Crippen LogP contribution in [0.4, 0.5) is 18.3 Å². The number of amides is 1. The van der Waals surface area contributed by atoms with Crippen molar-refractivity contribution < 1.29 is 22.4 Å². The molecule has 2 rings (SSSR count). The lowest BCUT2D eigenvalue weighted by Gasteiger charge is -2.01. The summed E-state index contributed by atoms with van der Waals surface area (Å²) >= 11 is 0.714. The average molecular weight is 276 g/mol. The predicted octanol–water partition coefficient (Wildman–Crippen LogP) is 3.32. The minimum atomic E-state index is -4.51. The molecule has 0 aliphatic carbocycles. The summed E-state index contributed by atoms with van der Waals surface area (Å²) in [6.45, 7) is 1.58. The molecule has 4 nitrogen and oxygen atoms in total. The Morgan fingerprint density at radius 2 is 2.22 bits per heavy atom. The van der Waals surface area contributed by atoms with Gasteiger partial charge in [-0.3, -0.25) is 10.1 Å². The predicted molar refractivity (Wildman–Crippen MR) is 58.5 cm³/mol. The van der Waals surface area contributed by atoms with Crippen LogP contribution in [0.2, 0.25) is 0 Å². The fraction of sp³-hybridized carbons (Fsp3) is 0.200. The minimum absolute atomic E-state index is 0.104. The highest BCUT2D eigenvalue weighted by atomic mass is 32.1. The van der Waals surface area contributed by atoms with E-state index in [1.165, 1.54) is 12.3 Å². The number of rotatable bonds is 2. The number of thiazole rings is 1. The van der Waals surface area contributed by atoms with Gasteiger partial charge in [0.25, 0.3) is 5.91 Å². The van der Waals surface area contributed by atoms with E-state index >= 15 is 0 Å². The van der Waals surface area contributed by atoms with E-state index in [0.717, 1.165) is 5.38 Å². The molecule has 8 heteroatoms. The van der Waals surface area contributed by atoms with Crippen molar-refractivity contribution in [2.75, 3.05) is 5.32 Å². The molecule has 0 saturated carbocycles. The number of alkyl halides is 3. The van der Waals surface area contributed by atoms with Crippen molar-refractivity contribution in [3.05, 3.63) is 34.7 Å². The van der Waals surface area contributed by atoms with Gasteiger partial charge in [0, 0.05) is 5.38 Å². The molecule has 96 valence electrons. The second-order valence-electron chi connectivity index (χ2n) is 3.38. The molecule has 0 radical (unpaired) electrons. The van der Waals surface area contributed by atoms with Gasteiger partial charge in [0.15, 0.2) is 10.8 Å². The number of hydrogen-bond donors (Lipinski definition) is 1. The first-order valence-electron chi connectivity index (χ1n) is 4.76. The normalized spacial score (nSPS) is 11.6. The van der Waals surface area contributed by atoms with Gasteiger partial charge in [0.1, 0.15) is 5.76 Å². The molecule has 1 amide bonds. The van der Waals surface area contributed by atoms with Gasteiger partial charge >= 0.3 is 6.18 Å². The third kappa shape index (κ3) is 2.53. The second-order valence-corrected chi connectivity index (χ2v) is 4.24. The molecule has 0 spiro atoms. The molecule has 1 N–H and O–H groups in total. The molecular formula is C10H7F3N2O2S. The topological polar surface area (TPSA) is 55.1 Å². The fourth-order valence-electron chi connectivity index (χ4n) is 1.25. The van der Waals surface area contributed by atoms with E-state index in [1.54, 1.807) is 6.92 Å². The van der Waals surface area contributed by atoms with Gasteiger partial charge < -0.3 is 4.42 Å². The van der Waals surface area contributed by atoms with Crippen LogP contribution in [-0.2, 0) is 6.18 Å². The number of anilines is 1. The van der Waals surface area contributed by atoms with Crippen molar-refractivity contribution in [2.24, 2.45) is 0 Å². The van der Waals surface area contributed by atoms with Crippen LogP contribution in [0.5, 0.6) is 0 Å². The van der Waals surface area contributed by atoms with Gasteiger partial charge in [-0.05, 0) is 13.0 Å². The number of nitrogens with zero attached hydrogens (tertiary/aromatic N) is 1. The summed E-state index contributed by atoms with van der Waals surface area (Å²) in [4.78, 5) is 15.0. The number of hydrogen-bond acceptors (Lipinski definition) is 4. The third-order valence-electron chi connectivity index (χ3n) is 2.12. The molecule has 0 aliphatic heterocycles. The third-order valence-corrected chi connectivity index (χ3v) is 2.88. The van der Waals surface area contributed by atoms with Crippen molar-refractivity contribution in [1.82, 2.24) is 4.98 Å². The van der Waals surface area contributed by atoms with Crippen LogP contribution >= 0.6 is 11.3 Å². The van der Waals surface area contributed by atoms with Crippen molar-refractivity contribution in [1.29, 1.82) is 0 Å². The summed E-state index contributed by atoms with van der Waals surface area (Å²) in [7, 11) is 0. The zero-order valence-corrected chi connectivity index (χ0v) is 9.85. The largest absolute Gasteiger partial charge is 0.469 e. The van der Waals surface area contributed by atoms with Crippen LogP contribution < -0.4 is 5.32 Å². The Balaban J connectivity index is 2.13. The molecule has 2 aromatic heterocycles. The first kappa shape index (κ1) is 12.6.